The van der Waals surface area contributed by atoms with E-state index in [0.717, 1.165) is 10.5 Å². The molecule has 1 aliphatic heterocycles. The average Bonchev–Trinajstić information content (AvgIpc) is 2.38. The van der Waals surface area contributed by atoms with Gasteiger partial charge >= 0.3 is 0 Å². The van der Waals surface area contributed by atoms with Crippen LogP contribution in [0, 0.1) is 5.92 Å². The van der Waals surface area contributed by atoms with Crippen molar-refractivity contribution in [3.8, 4) is 0 Å². The fraction of sp³-hybridized carbons (Fsp3) is 0.571. The molecule has 16 heavy (non-hydrogen) atoms. The van der Waals surface area contributed by atoms with Gasteiger partial charge in [0.15, 0.2) is 0 Å². The van der Waals surface area contributed by atoms with Crippen LogP contribution in [0.3, 0.4) is 0 Å². The maximum Gasteiger partial charge on any atom is 0.0533 e. The molecule has 1 aliphatic rings. The molecule has 0 aliphatic carbocycles. The van der Waals surface area contributed by atoms with Crippen LogP contribution in [0.4, 0.5) is 0 Å². The van der Waals surface area contributed by atoms with Gasteiger partial charge in [0.1, 0.15) is 0 Å². The van der Waals surface area contributed by atoms with Crippen molar-refractivity contribution in [3.05, 3.63) is 35.9 Å². The SMILES string of the molecule is CCC(Cc1ccccc1)C1SCCCS1. The average molecular weight is 252 g/mol. The topological polar surface area (TPSA) is 0 Å². The van der Waals surface area contributed by atoms with Gasteiger partial charge in [0.2, 0.25) is 0 Å². The number of rotatable bonds is 4. The van der Waals surface area contributed by atoms with Gasteiger partial charge < -0.3 is 0 Å². The number of benzene rings is 1. The van der Waals surface area contributed by atoms with E-state index in [2.05, 4.69) is 60.8 Å². The van der Waals surface area contributed by atoms with Crippen LogP contribution < -0.4 is 0 Å². The summed E-state index contributed by atoms with van der Waals surface area (Å²) in [6, 6.07) is 10.9. The Balaban J connectivity index is 1.94. The second-order valence-corrected chi connectivity index (χ2v) is 7.12. The molecule has 1 aromatic rings. The smallest absolute Gasteiger partial charge is 0.0533 e. The second kappa shape index (κ2) is 6.61. The summed E-state index contributed by atoms with van der Waals surface area (Å²) in [5.74, 6) is 3.57. The van der Waals surface area contributed by atoms with Crippen LogP contribution >= 0.6 is 23.5 Å². The van der Waals surface area contributed by atoms with E-state index in [1.807, 2.05) is 0 Å². The fourth-order valence-corrected chi connectivity index (χ4v) is 5.48. The van der Waals surface area contributed by atoms with Crippen LogP contribution in [-0.4, -0.2) is 16.1 Å². The van der Waals surface area contributed by atoms with Gasteiger partial charge in [-0.2, -0.15) is 0 Å². The molecule has 0 spiro atoms. The third-order valence-electron chi connectivity index (χ3n) is 3.10. The van der Waals surface area contributed by atoms with Crippen molar-refractivity contribution < 1.29 is 0 Å². The molecule has 88 valence electrons. The maximum absolute atomic E-state index is 2.34. The zero-order chi connectivity index (χ0) is 11.2. The number of thioether (sulfide) groups is 2. The largest absolute Gasteiger partial charge is 0.147 e. The van der Waals surface area contributed by atoms with E-state index in [1.165, 1.54) is 36.3 Å². The Morgan fingerprint density at radius 3 is 2.50 bits per heavy atom. The van der Waals surface area contributed by atoms with Gasteiger partial charge in [-0.3, -0.25) is 0 Å². The first-order chi connectivity index (χ1) is 7.90. The van der Waals surface area contributed by atoms with Crippen molar-refractivity contribution in [1.29, 1.82) is 0 Å². The Kier molecular flexibility index (Phi) is 5.11. The molecule has 2 rings (SSSR count). The Hall–Kier alpha value is -0.0800. The van der Waals surface area contributed by atoms with E-state index in [1.54, 1.807) is 0 Å². The standard InChI is InChI=1S/C14H20S2/c1-2-13(14-15-9-6-10-16-14)11-12-7-4-3-5-8-12/h3-5,7-8,13-14H,2,6,9-11H2,1H3. The third-order valence-corrected chi connectivity index (χ3v) is 6.40. The van der Waals surface area contributed by atoms with Crippen LogP contribution in [0.2, 0.25) is 0 Å². The summed E-state index contributed by atoms with van der Waals surface area (Å²) >= 11 is 4.36. The summed E-state index contributed by atoms with van der Waals surface area (Å²) in [5, 5.41) is 0. The molecule has 0 N–H and O–H groups in total. The Morgan fingerprint density at radius 1 is 1.19 bits per heavy atom. The summed E-state index contributed by atoms with van der Waals surface area (Å²) in [6.45, 7) is 2.34. The summed E-state index contributed by atoms with van der Waals surface area (Å²) in [5.41, 5.74) is 1.50. The number of hydrogen-bond acceptors (Lipinski definition) is 2. The molecule has 1 heterocycles. The molecule has 0 bridgehead atoms. The molecule has 0 aromatic heterocycles. The van der Waals surface area contributed by atoms with Gasteiger partial charge in [-0.15, -0.1) is 23.5 Å². The predicted molar refractivity (Wildman–Crippen MR) is 77.2 cm³/mol. The fourth-order valence-electron chi connectivity index (χ4n) is 2.13. The zero-order valence-corrected chi connectivity index (χ0v) is 11.5. The highest BCUT2D eigenvalue weighted by Gasteiger charge is 2.23. The Bertz CT molecular complexity index is 291. The minimum Gasteiger partial charge on any atom is -0.147 e. The van der Waals surface area contributed by atoms with Gasteiger partial charge in [-0.25, -0.2) is 0 Å². The Morgan fingerprint density at radius 2 is 1.88 bits per heavy atom. The van der Waals surface area contributed by atoms with E-state index in [4.69, 9.17) is 0 Å². The normalized spacial score (nSPS) is 19.6. The lowest BCUT2D eigenvalue weighted by molar-refractivity contribution is 0.549. The quantitative estimate of drug-likeness (QED) is 0.776. The van der Waals surface area contributed by atoms with Gasteiger partial charge in [0.25, 0.3) is 0 Å². The zero-order valence-electron chi connectivity index (χ0n) is 9.89. The third kappa shape index (κ3) is 3.46. The van der Waals surface area contributed by atoms with Crippen LogP contribution in [0.15, 0.2) is 30.3 Å². The minimum absolute atomic E-state index is 0.832. The molecule has 1 fully saturated rings. The van der Waals surface area contributed by atoms with E-state index < -0.39 is 0 Å². The molecule has 2 heteroatoms. The van der Waals surface area contributed by atoms with E-state index >= 15 is 0 Å². The molecular formula is C14H20S2. The van der Waals surface area contributed by atoms with Gasteiger partial charge in [-0.1, -0.05) is 43.7 Å². The van der Waals surface area contributed by atoms with Gasteiger partial charge in [0.05, 0.1) is 4.58 Å². The highest BCUT2D eigenvalue weighted by molar-refractivity contribution is 8.17. The van der Waals surface area contributed by atoms with E-state index in [-0.39, 0.29) is 0 Å². The van der Waals surface area contributed by atoms with Crippen molar-refractivity contribution in [2.75, 3.05) is 11.5 Å². The maximum atomic E-state index is 2.34. The second-order valence-electron chi connectivity index (χ2n) is 4.32. The molecule has 0 saturated carbocycles. The first-order valence-corrected chi connectivity index (χ1v) is 8.27. The lowest BCUT2D eigenvalue weighted by atomic mass is 9.99. The Labute approximate surface area is 108 Å². The molecule has 1 aromatic carbocycles. The lowest BCUT2D eigenvalue weighted by Crippen LogP contribution is -2.20. The summed E-state index contributed by atoms with van der Waals surface area (Å²) in [7, 11) is 0. The molecule has 1 unspecified atom stereocenters. The number of hydrogen-bond donors (Lipinski definition) is 0. The summed E-state index contributed by atoms with van der Waals surface area (Å²) in [6.07, 6.45) is 3.95. The lowest BCUT2D eigenvalue weighted by Gasteiger charge is -2.28. The molecule has 1 atom stereocenters. The van der Waals surface area contributed by atoms with Crippen molar-refractivity contribution >= 4 is 23.5 Å². The highest BCUT2D eigenvalue weighted by atomic mass is 32.2. The van der Waals surface area contributed by atoms with Gasteiger partial charge in [-0.05, 0) is 35.8 Å². The predicted octanol–water partition coefficient (Wildman–Crippen LogP) is 4.45. The molecule has 0 nitrogen and oxygen atoms in total. The molecular weight excluding hydrogens is 232 g/mol. The molecule has 0 radical (unpaired) electrons. The summed E-state index contributed by atoms with van der Waals surface area (Å²) in [4.78, 5) is 0. The van der Waals surface area contributed by atoms with Crippen molar-refractivity contribution in [1.82, 2.24) is 0 Å². The van der Waals surface area contributed by atoms with Crippen molar-refractivity contribution in [3.63, 3.8) is 0 Å². The van der Waals surface area contributed by atoms with Crippen molar-refractivity contribution in [2.45, 2.75) is 30.8 Å². The first-order valence-electron chi connectivity index (χ1n) is 6.17. The first kappa shape index (κ1) is 12.4. The van der Waals surface area contributed by atoms with Crippen LogP contribution in [0.1, 0.15) is 25.3 Å². The monoisotopic (exact) mass is 252 g/mol. The van der Waals surface area contributed by atoms with Gasteiger partial charge in [0, 0.05) is 0 Å². The summed E-state index contributed by atoms with van der Waals surface area (Å²) < 4.78 is 0.832. The minimum atomic E-state index is 0.832. The highest BCUT2D eigenvalue weighted by Crippen LogP contribution is 2.38. The van der Waals surface area contributed by atoms with E-state index in [9.17, 15) is 0 Å². The van der Waals surface area contributed by atoms with Crippen LogP contribution in [0.25, 0.3) is 0 Å². The van der Waals surface area contributed by atoms with Crippen molar-refractivity contribution in [2.24, 2.45) is 5.92 Å². The van der Waals surface area contributed by atoms with Crippen LogP contribution in [0.5, 0.6) is 0 Å². The van der Waals surface area contributed by atoms with Crippen LogP contribution in [-0.2, 0) is 6.42 Å². The molecule has 1 saturated heterocycles. The van der Waals surface area contributed by atoms with E-state index in [0.29, 0.717) is 0 Å². The molecule has 0 amide bonds.